The molecule has 0 fully saturated rings. The van der Waals surface area contributed by atoms with E-state index in [-0.39, 0.29) is 30.4 Å². The summed E-state index contributed by atoms with van der Waals surface area (Å²) in [5.41, 5.74) is 1.78. The molecule has 0 radical (unpaired) electrons. The Labute approximate surface area is 165 Å². The third-order valence-electron chi connectivity index (χ3n) is 4.44. The molecule has 1 amide bonds. The van der Waals surface area contributed by atoms with Gasteiger partial charge in [0.25, 0.3) is 5.91 Å². The number of methoxy groups -OCH3 is 1. The van der Waals surface area contributed by atoms with E-state index in [1.165, 1.54) is 13.2 Å². The summed E-state index contributed by atoms with van der Waals surface area (Å²) < 4.78 is 21.2. The summed E-state index contributed by atoms with van der Waals surface area (Å²) in [6.07, 6.45) is 0. The third kappa shape index (κ3) is 3.70. The van der Waals surface area contributed by atoms with Crippen LogP contribution in [-0.4, -0.2) is 38.0 Å². The first-order valence-electron chi connectivity index (χ1n) is 8.83. The van der Waals surface area contributed by atoms with Crippen LogP contribution in [0, 0.1) is 0 Å². The van der Waals surface area contributed by atoms with E-state index in [4.69, 9.17) is 18.6 Å². The Bertz CT molecular complexity index is 1120. The molecule has 0 unspecified atom stereocenters. The molecule has 1 aromatic heterocycles. The van der Waals surface area contributed by atoms with Crippen molar-refractivity contribution in [3.63, 3.8) is 0 Å². The highest BCUT2D eigenvalue weighted by Gasteiger charge is 2.23. The van der Waals surface area contributed by atoms with Gasteiger partial charge in [-0.3, -0.25) is 9.59 Å². The SMILES string of the molecule is COCc1c(C(=O)OCC(=O)c2ccc3c(c2)NC(=O)CO3)oc2ccccc12. The van der Waals surface area contributed by atoms with E-state index in [1.54, 1.807) is 24.3 Å². The van der Waals surface area contributed by atoms with Crippen LogP contribution in [0.25, 0.3) is 11.0 Å². The fraction of sp³-hybridized carbons (Fsp3) is 0.190. The highest BCUT2D eigenvalue weighted by atomic mass is 16.5. The summed E-state index contributed by atoms with van der Waals surface area (Å²) in [5, 5.41) is 3.38. The number of benzene rings is 2. The van der Waals surface area contributed by atoms with Crippen LogP contribution in [0.5, 0.6) is 5.75 Å². The number of Topliss-reactive ketones (excluding diaryl/α,β-unsaturated/α-hetero) is 1. The molecule has 0 spiro atoms. The maximum Gasteiger partial charge on any atom is 0.375 e. The second-order valence-corrected chi connectivity index (χ2v) is 6.39. The van der Waals surface area contributed by atoms with Gasteiger partial charge < -0.3 is 23.9 Å². The van der Waals surface area contributed by atoms with Crippen molar-refractivity contribution < 1.29 is 33.0 Å². The van der Waals surface area contributed by atoms with Gasteiger partial charge in [-0.05, 0) is 24.3 Å². The molecule has 4 rings (SSSR count). The maximum atomic E-state index is 12.5. The lowest BCUT2D eigenvalue weighted by Crippen LogP contribution is -2.25. The second kappa shape index (κ2) is 7.76. The zero-order valence-corrected chi connectivity index (χ0v) is 15.5. The molecule has 0 atom stereocenters. The maximum absolute atomic E-state index is 12.5. The summed E-state index contributed by atoms with van der Waals surface area (Å²) >= 11 is 0. The number of esters is 1. The second-order valence-electron chi connectivity index (χ2n) is 6.39. The molecule has 148 valence electrons. The molecule has 8 nitrogen and oxygen atoms in total. The van der Waals surface area contributed by atoms with Crippen LogP contribution in [0.3, 0.4) is 0 Å². The summed E-state index contributed by atoms with van der Waals surface area (Å²) in [6.45, 7) is -0.380. The summed E-state index contributed by atoms with van der Waals surface area (Å²) in [5.74, 6) is -0.998. The van der Waals surface area contributed by atoms with Crippen molar-refractivity contribution in [3.8, 4) is 5.75 Å². The minimum absolute atomic E-state index is 0.00644. The van der Waals surface area contributed by atoms with Crippen molar-refractivity contribution in [2.45, 2.75) is 6.61 Å². The Morgan fingerprint density at radius 3 is 2.83 bits per heavy atom. The third-order valence-corrected chi connectivity index (χ3v) is 4.44. The molecule has 2 heterocycles. The van der Waals surface area contributed by atoms with E-state index in [2.05, 4.69) is 5.32 Å². The van der Waals surface area contributed by atoms with Crippen LogP contribution in [0.2, 0.25) is 0 Å². The standard InChI is InChI=1S/C21H17NO7/c1-26-9-14-13-4-2-3-5-17(13)29-20(14)21(25)28-10-16(23)12-6-7-18-15(8-12)22-19(24)11-27-18/h2-8H,9-11H2,1H3,(H,22,24). The van der Waals surface area contributed by atoms with Gasteiger partial charge in [-0.1, -0.05) is 18.2 Å². The Kier molecular flexibility index (Phi) is 5.01. The molecular weight excluding hydrogens is 378 g/mol. The predicted octanol–water partition coefficient (Wildman–Crippen LogP) is 2.95. The Hall–Kier alpha value is -3.65. The van der Waals surface area contributed by atoms with Crippen LogP contribution < -0.4 is 10.1 Å². The zero-order chi connectivity index (χ0) is 20.4. The molecule has 1 aliphatic rings. The number of ketones is 1. The predicted molar refractivity (Wildman–Crippen MR) is 102 cm³/mol. The summed E-state index contributed by atoms with van der Waals surface area (Å²) in [6, 6.07) is 11.8. The lowest BCUT2D eigenvalue weighted by atomic mass is 10.1. The smallest absolute Gasteiger partial charge is 0.375 e. The fourth-order valence-corrected chi connectivity index (χ4v) is 3.09. The van der Waals surface area contributed by atoms with Crippen molar-refractivity contribution in [2.75, 3.05) is 25.6 Å². The Balaban J connectivity index is 1.49. The first-order chi connectivity index (χ1) is 14.1. The number of hydrogen-bond donors (Lipinski definition) is 1. The molecular formula is C21H17NO7. The Morgan fingerprint density at radius 2 is 2.00 bits per heavy atom. The van der Waals surface area contributed by atoms with Crippen LogP contribution >= 0.6 is 0 Å². The van der Waals surface area contributed by atoms with Crippen molar-refractivity contribution in [3.05, 3.63) is 59.4 Å². The first-order valence-corrected chi connectivity index (χ1v) is 8.83. The van der Waals surface area contributed by atoms with Crippen LogP contribution in [0.15, 0.2) is 46.9 Å². The number of carbonyl (C=O) groups is 3. The van der Waals surface area contributed by atoms with Crippen molar-refractivity contribution in [1.82, 2.24) is 0 Å². The molecule has 1 N–H and O–H groups in total. The highest BCUT2D eigenvalue weighted by Crippen LogP contribution is 2.29. The molecule has 3 aromatic rings. The monoisotopic (exact) mass is 395 g/mol. The minimum atomic E-state index is -0.754. The topological polar surface area (TPSA) is 104 Å². The molecule has 2 aromatic carbocycles. The van der Waals surface area contributed by atoms with E-state index in [9.17, 15) is 14.4 Å². The summed E-state index contributed by atoms with van der Waals surface area (Å²) in [4.78, 5) is 36.4. The molecule has 0 saturated heterocycles. The number of furan rings is 1. The van der Waals surface area contributed by atoms with Crippen LogP contribution in [-0.2, 0) is 20.9 Å². The zero-order valence-electron chi connectivity index (χ0n) is 15.5. The quantitative estimate of drug-likeness (QED) is 0.505. The number of amides is 1. The lowest BCUT2D eigenvalue weighted by Gasteiger charge is -2.18. The van der Waals surface area contributed by atoms with Crippen LogP contribution in [0.4, 0.5) is 5.69 Å². The van der Waals surface area contributed by atoms with Crippen molar-refractivity contribution in [1.29, 1.82) is 0 Å². The van der Waals surface area contributed by atoms with E-state index >= 15 is 0 Å². The summed E-state index contributed by atoms with van der Waals surface area (Å²) in [7, 11) is 1.51. The number of hydrogen-bond acceptors (Lipinski definition) is 7. The number of anilines is 1. The molecule has 1 aliphatic heterocycles. The van der Waals surface area contributed by atoms with Crippen molar-refractivity contribution >= 4 is 34.3 Å². The van der Waals surface area contributed by atoms with Gasteiger partial charge in [0.1, 0.15) is 11.3 Å². The molecule has 29 heavy (non-hydrogen) atoms. The van der Waals surface area contributed by atoms with E-state index in [0.717, 1.165) is 5.39 Å². The van der Waals surface area contributed by atoms with Crippen molar-refractivity contribution in [2.24, 2.45) is 0 Å². The number of carbonyl (C=O) groups excluding carboxylic acids is 3. The normalized spacial score (nSPS) is 12.8. The van der Waals surface area contributed by atoms with Gasteiger partial charge in [0.15, 0.2) is 19.0 Å². The van der Waals surface area contributed by atoms with Gasteiger partial charge in [0.05, 0.1) is 12.3 Å². The number of fused-ring (bicyclic) bond motifs is 2. The number of para-hydroxylation sites is 1. The van der Waals surface area contributed by atoms with Gasteiger partial charge in [-0.25, -0.2) is 4.79 Å². The van der Waals surface area contributed by atoms with E-state index in [0.29, 0.717) is 22.6 Å². The van der Waals surface area contributed by atoms with Gasteiger partial charge in [0.2, 0.25) is 5.76 Å². The molecule has 0 aliphatic carbocycles. The Morgan fingerprint density at radius 1 is 1.17 bits per heavy atom. The van der Waals surface area contributed by atoms with Gasteiger partial charge in [-0.15, -0.1) is 0 Å². The van der Waals surface area contributed by atoms with Crippen LogP contribution in [0.1, 0.15) is 26.5 Å². The number of ether oxygens (including phenoxy) is 3. The van der Waals surface area contributed by atoms with Gasteiger partial charge >= 0.3 is 5.97 Å². The van der Waals surface area contributed by atoms with E-state index in [1.807, 2.05) is 12.1 Å². The number of nitrogens with one attached hydrogen (secondary N) is 1. The average Bonchev–Trinajstić information content (AvgIpc) is 3.10. The minimum Gasteiger partial charge on any atom is -0.482 e. The van der Waals surface area contributed by atoms with Gasteiger partial charge in [-0.2, -0.15) is 0 Å². The fourth-order valence-electron chi connectivity index (χ4n) is 3.09. The molecule has 0 bridgehead atoms. The van der Waals surface area contributed by atoms with Gasteiger partial charge in [0, 0.05) is 23.6 Å². The van der Waals surface area contributed by atoms with E-state index < -0.39 is 18.4 Å². The average molecular weight is 395 g/mol. The first kappa shape index (κ1) is 18.7. The lowest BCUT2D eigenvalue weighted by molar-refractivity contribution is -0.118. The molecule has 8 heteroatoms. The molecule has 0 saturated carbocycles. The highest BCUT2D eigenvalue weighted by molar-refractivity contribution is 6.03. The number of rotatable bonds is 6. The largest absolute Gasteiger partial charge is 0.482 e.